The van der Waals surface area contributed by atoms with Gasteiger partial charge in [-0.3, -0.25) is 4.79 Å². The average molecular weight is 388 g/mol. The van der Waals surface area contributed by atoms with E-state index in [1.54, 1.807) is 13.0 Å². The molecule has 7 heteroatoms. The van der Waals surface area contributed by atoms with Crippen LogP contribution in [0.2, 0.25) is 10.0 Å². The molecular formula is C18H14Cl2F3NO. The van der Waals surface area contributed by atoms with E-state index in [1.165, 1.54) is 36.4 Å². The molecule has 0 fully saturated rings. The molecule has 0 aliphatic heterocycles. The molecule has 0 aliphatic carbocycles. The monoisotopic (exact) mass is 387 g/mol. The molecule has 1 amide bonds. The van der Waals surface area contributed by atoms with E-state index in [2.05, 4.69) is 0 Å². The standard InChI is InChI=1S/C18H14Cl2F3NO/c1-10-6-11(2-4-15(10)17(24)25)3-5-16(18(21,22)23)12-7-13(19)9-14(20)8-12/h2-9,16H,1H3,(H2,24,25). The van der Waals surface area contributed by atoms with E-state index in [0.717, 1.165) is 6.08 Å². The number of allylic oxidation sites excluding steroid dienone is 1. The van der Waals surface area contributed by atoms with Crippen molar-refractivity contribution >= 4 is 35.2 Å². The van der Waals surface area contributed by atoms with Gasteiger partial charge in [-0.1, -0.05) is 47.5 Å². The fourth-order valence-corrected chi connectivity index (χ4v) is 2.98. The van der Waals surface area contributed by atoms with Gasteiger partial charge in [0.05, 0.1) is 5.92 Å². The lowest BCUT2D eigenvalue weighted by Gasteiger charge is -2.18. The summed E-state index contributed by atoms with van der Waals surface area (Å²) in [5.41, 5.74) is 6.60. The maximum absolute atomic E-state index is 13.4. The molecule has 0 aromatic heterocycles. The van der Waals surface area contributed by atoms with E-state index in [9.17, 15) is 18.0 Å². The quantitative estimate of drug-likeness (QED) is 0.711. The van der Waals surface area contributed by atoms with E-state index >= 15 is 0 Å². The normalized spacial score (nSPS) is 13.2. The molecule has 2 aromatic carbocycles. The third kappa shape index (κ3) is 5.00. The molecule has 25 heavy (non-hydrogen) atoms. The second-order valence-electron chi connectivity index (χ2n) is 5.52. The van der Waals surface area contributed by atoms with E-state index in [0.29, 0.717) is 16.7 Å². The molecule has 0 saturated carbocycles. The Labute approximate surface area is 153 Å². The van der Waals surface area contributed by atoms with E-state index in [1.807, 2.05) is 0 Å². The predicted octanol–water partition coefficient (Wildman–Crippen LogP) is 5.76. The van der Waals surface area contributed by atoms with Gasteiger partial charge in [-0.15, -0.1) is 0 Å². The Hall–Kier alpha value is -1.98. The average Bonchev–Trinajstić information content (AvgIpc) is 2.44. The van der Waals surface area contributed by atoms with Crippen molar-refractivity contribution in [3.63, 3.8) is 0 Å². The van der Waals surface area contributed by atoms with Gasteiger partial charge in [0, 0.05) is 15.6 Å². The Kier molecular flexibility index (Phi) is 5.80. The lowest BCUT2D eigenvalue weighted by Crippen LogP contribution is -2.19. The Morgan fingerprint density at radius 3 is 2.20 bits per heavy atom. The number of primary amides is 1. The number of benzene rings is 2. The summed E-state index contributed by atoms with van der Waals surface area (Å²) in [5.74, 6) is -2.45. The molecule has 0 spiro atoms. The Morgan fingerprint density at radius 2 is 1.72 bits per heavy atom. The molecule has 2 N–H and O–H groups in total. The van der Waals surface area contributed by atoms with Crippen LogP contribution in [0, 0.1) is 6.92 Å². The van der Waals surface area contributed by atoms with Crippen molar-refractivity contribution in [2.24, 2.45) is 5.73 Å². The molecule has 2 nitrogen and oxygen atoms in total. The van der Waals surface area contributed by atoms with Crippen LogP contribution < -0.4 is 5.73 Å². The summed E-state index contributed by atoms with van der Waals surface area (Å²) < 4.78 is 40.3. The lowest BCUT2D eigenvalue weighted by molar-refractivity contribution is -0.139. The number of amides is 1. The van der Waals surface area contributed by atoms with Crippen LogP contribution in [-0.4, -0.2) is 12.1 Å². The van der Waals surface area contributed by atoms with Gasteiger partial charge in [-0.25, -0.2) is 0 Å². The first-order valence-corrected chi connectivity index (χ1v) is 7.95. The summed E-state index contributed by atoms with van der Waals surface area (Å²) in [6, 6.07) is 8.44. The maximum Gasteiger partial charge on any atom is 0.399 e. The predicted molar refractivity (Wildman–Crippen MR) is 94.0 cm³/mol. The van der Waals surface area contributed by atoms with E-state index < -0.39 is 18.0 Å². The van der Waals surface area contributed by atoms with Crippen LogP contribution in [0.5, 0.6) is 0 Å². The zero-order valence-corrected chi connectivity index (χ0v) is 14.6. The molecule has 0 aliphatic rings. The first kappa shape index (κ1) is 19.3. The van der Waals surface area contributed by atoms with Crippen LogP contribution in [0.3, 0.4) is 0 Å². The number of aryl methyl sites for hydroxylation is 1. The minimum atomic E-state index is -4.51. The molecular weight excluding hydrogens is 374 g/mol. The van der Waals surface area contributed by atoms with Gasteiger partial charge in [0.1, 0.15) is 0 Å². The highest BCUT2D eigenvalue weighted by Gasteiger charge is 2.39. The van der Waals surface area contributed by atoms with Gasteiger partial charge in [0.25, 0.3) is 0 Å². The zero-order valence-electron chi connectivity index (χ0n) is 13.1. The molecule has 1 atom stereocenters. The highest BCUT2D eigenvalue weighted by Crippen LogP contribution is 2.38. The van der Waals surface area contributed by atoms with Gasteiger partial charge < -0.3 is 5.73 Å². The third-order valence-electron chi connectivity index (χ3n) is 3.59. The Balaban J connectivity index is 2.39. The van der Waals surface area contributed by atoms with Crippen molar-refractivity contribution in [3.05, 3.63) is 74.8 Å². The van der Waals surface area contributed by atoms with Crippen LogP contribution in [0.15, 0.2) is 42.5 Å². The summed E-state index contributed by atoms with van der Waals surface area (Å²) in [6.45, 7) is 1.66. The number of rotatable bonds is 4. The number of nitrogens with two attached hydrogens (primary N) is 1. The number of alkyl halides is 3. The lowest BCUT2D eigenvalue weighted by atomic mass is 9.96. The molecule has 1 unspecified atom stereocenters. The second-order valence-corrected chi connectivity index (χ2v) is 6.39. The first-order valence-electron chi connectivity index (χ1n) is 7.19. The van der Waals surface area contributed by atoms with Crippen LogP contribution in [-0.2, 0) is 0 Å². The zero-order chi connectivity index (χ0) is 18.8. The first-order chi connectivity index (χ1) is 11.6. The highest BCUT2D eigenvalue weighted by atomic mass is 35.5. The Morgan fingerprint density at radius 1 is 1.12 bits per heavy atom. The third-order valence-corrected chi connectivity index (χ3v) is 4.03. The fourth-order valence-electron chi connectivity index (χ4n) is 2.44. The summed E-state index contributed by atoms with van der Waals surface area (Å²) in [7, 11) is 0. The Bertz CT molecular complexity index is 811. The number of carbonyl (C=O) groups is 1. The number of carbonyl (C=O) groups excluding carboxylic acids is 1. The van der Waals surface area contributed by atoms with Crippen molar-refractivity contribution < 1.29 is 18.0 Å². The minimum absolute atomic E-state index is 0.0493. The summed E-state index contributed by atoms with van der Waals surface area (Å²) in [4.78, 5) is 11.2. The fraction of sp³-hybridized carbons (Fsp3) is 0.167. The maximum atomic E-state index is 13.4. The van der Waals surface area contributed by atoms with Gasteiger partial charge in [0.2, 0.25) is 5.91 Å². The van der Waals surface area contributed by atoms with Crippen LogP contribution >= 0.6 is 23.2 Å². The summed E-state index contributed by atoms with van der Waals surface area (Å²) in [5, 5.41) is 0.263. The van der Waals surface area contributed by atoms with Crippen molar-refractivity contribution in [2.45, 2.75) is 19.0 Å². The van der Waals surface area contributed by atoms with Crippen molar-refractivity contribution in [3.8, 4) is 0 Å². The van der Waals surface area contributed by atoms with E-state index in [4.69, 9.17) is 28.9 Å². The van der Waals surface area contributed by atoms with Crippen molar-refractivity contribution in [1.82, 2.24) is 0 Å². The molecule has 2 aromatic rings. The molecule has 0 radical (unpaired) electrons. The van der Waals surface area contributed by atoms with Crippen LogP contribution in [0.4, 0.5) is 13.2 Å². The molecule has 2 rings (SSSR count). The van der Waals surface area contributed by atoms with Crippen LogP contribution in [0.25, 0.3) is 6.08 Å². The van der Waals surface area contributed by atoms with Crippen molar-refractivity contribution in [2.75, 3.05) is 0 Å². The number of halogens is 5. The SMILES string of the molecule is Cc1cc(C=CC(c2cc(Cl)cc(Cl)c2)C(F)(F)F)ccc1C(N)=O. The topological polar surface area (TPSA) is 43.1 Å². The largest absolute Gasteiger partial charge is 0.399 e. The summed E-state index contributed by atoms with van der Waals surface area (Å²) >= 11 is 11.6. The van der Waals surface area contributed by atoms with E-state index in [-0.39, 0.29) is 15.6 Å². The van der Waals surface area contributed by atoms with Gasteiger partial charge >= 0.3 is 6.18 Å². The number of hydrogen-bond donors (Lipinski definition) is 1. The van der Waals surface area contributed by atoms with Gasteiger partial charge in [-0.2, -0.15) is 13.2 Å². The van der Waals surface area contributed by atoms with Crippen LogP contribution in [0.1, 0.15) is 33.0 Å². The molecule has 132 valence electrons. The van der Waals surface area contributed by atoms with Gasteiger partial charge in [-0.05, 0) is 47.9 Å². The molecule has 0 bridgehead atoms. The number of hydrogen-bond acceptors (Lipinski definition) is 1. The van der Waals surface area contributed by atoms with Gasteiger partial charge in [0.15, 0.2) is 0 Å². The minimum Gasteiger partial charge on any atom is -0.366 e. The molecule has 0 heterocycles. The summed E-state index contributed by atoms with van der Waals surface area (Å²) in [6.07, 6.45) is -2.14. The highest BCUT2D eigenvalue weighted by molar-refractivity contribution is 6.34. The molecule has 0 saturated heterocycles. The second kappa shape index (κ2) is 7.50. The van der Waals surface area contributed by atoms with Crippen molar-refractivity contribution in [1.29, 1.82) is 0 Å². The smallest absolute Gasteiger partial charge is 0.366 e.